The van der Waals surface area contributed by atoms with Gasteiger partial charge in [0.1, 0.15) is 11.8 Å². The van der Waals surface area contributed by atoms with Crippen LogP contribution in [-0.2, 0) is 16.1 Å². The molecule has 0 radical (unpaired) electrons. The average Bonchev–Trinajstić information content (AvgIpc) is 2.53. The number of hydrogen-bond acceptors (Lipinski definition) is 4. The molecule has 1 amide bonds. The lowest BCUT2D eigenvalue weighted by Crippen LogP contribution is -2.48. The molecular weight excluding hydrogens is 284 g/mol. The maximum absolute atomic E-state index is 12.0. The van der Waals surface area contributed by atoms with Crippen molar-refractivity contribution in [3.8, 4) is 5.75 Å². The Balaban J connectivity index is 1.82. The molecule has 6 heteroatoms. The Morgan fingerprint density at radius 3 is 2.68 bits per heavy atom. The highest BCUT2D eigenvalue weighted by molar-refractivity contribution is 5.80. The Labute approximate surface area is 130 Å². The number of nitrogens with one attached hydrogen (secondary N) is 1. The highest BCUT2D eigenvalue weighted by Crippen LogP contribution is 2.16. The predicted octanol–water partition coefficient (Wildman–Crippen LogP) is 1.25. The number of ether oxygens (including phenoxy) is 1. The van der Waals surface area contributed by atoms with Crippen molar-refractivity contribution in [3.05, 3.63) is 29.8 Å². The van der Waals surface area contributed by atoms with E-state index in [1.54, 1.807) is 12.0 Å². The third-order valence-corrected chi connectivity index (χ3v) is 3.89. The number of likely N-dealkylation sites (tertiary alicyclic amines) is 1. The van der Waals surface area contributed by atoms with Gasteiger partial charge in [0.2, 0.25) is 5.91 Å². The van der Waals surface area contributed by atoms with Gasteiger partial charge in [0.15, 0.2) is 0 Å². The molecule has 0 spiro atoms. The lowest BCUT2D eigenvalue weighted by atomic mass is 10.0. The Morgan fingerprint density at radius 2 is 2.05 bits per heavy atom. The first-order valence-corrected chi connectivity index (χ1v) is 7.46. The number of benzene rings is 1. The van der Waals surface area contributed by atoms with Crippen LogP contribution in [0, 0.1) is 0 Å². The van der Waals surface area contributed by atoms with Gasteiger partial charge in [-0.3, -0.25) is 14.5 Å². The van der Waals surface area contributed by atoms with E-state index in [2.05, 4.69) is 5.32 Å². The van der Waals surface area contributed by atoms with Gasteiger partial charge < -0.3 is 15.2 Å². The first-order valence-electron chi connectivity index (χ1n) is 7.46. The second kappa shape index (κ2) is 7.79. The van der Waals surface area contributed by atoms with E-state index in [4.69, 9.17) is 4.74 Å². The van der Waals surface area contributed by atoms with Crippen LogP contribution in [-0.4, -0.2) is 48.1 Å². The molecule has 22 heavy (non-hydrogen) atoms. The van der Waals surface area contributed by atoms with E-state index in [0.29, 0.717) is 19.5 Å². The van der Waals surface area contributed by atoms with E-state index in [1.807, 2.05) is 24.3 Å². The van der Waals surface area contributed by atoms with Gasteiger partial charge in [-0.1, -0.05) is 18.6 Å². The zero-order chi connectivity index (χ0) is 15.9. The second-order valence-electron chi connectivity index (χ2n) is 5.45. The molecule has 0 bridgehead atoms. The van der Waals surface area contributed by atoms with Crippen LogP contribution in [0.3, 0.4) is 0 Å². The van der Waals surface area contributed by atoms with E-state index in [-0.39, 0.29) is 12.5 Å². The molecule has 1 unspecified atom stereocenters. The van der Waals surface area contributed by atoms with E-state index in [0.717, 1.165) is 24.2 Å². The van der Waals surface area contributed by atoms with Crippen LogP contribution in [0.25, 0.3) is 0 Å². The second-order valence-corrected chi connectivity index (χ2v) is 5.45. The molecule has 0 aliphatic carbocycles. The lowest BCUT2D eigenvalue weighted by molar-refractivity contribution is -0.145. The van der Waals surface area contributed by atoms with Crippen molar-refractivity contribution in [2.75, 3.05) is 20.2 Å². The van der Waals surface area contributed by atoms with Crippen LogP contribution in [0.5, 0.6) is 5.75 Å². The van der Waals surface area contributed by atoms with Gasteiger partial charge in [-0.25, -0.2) is 0 Å². The van der Waals surface area contributed by atoms with Crippen LogP contribution < -0.4 is 10.1 Å². The fraction of sp³-hybridized carbons (Fsp3) is 0.500. The normalized spacial score (nSPS) is 18.7. The van der Waals surface area contributed by atoms with Gasteiger partial charge in [-0.2, -0.15) is 0 Å². The van der Waals surface area contributed by atoms with Gasteiger partial charge >= 0.3 is 5.97 Å². The van der Waals surface area contributed by atoms with E-state index in [9.17, 15) is 14.7 Å². The Bertz CT molecular complexity index is 515. The number of methoxy groups -OCH3 is 1. The summed E-state index contributed by atoms with van der Waals surface area (Å²) in [6, 6.07) is 6.92. The van der Waals surface area contributed by atoms with Crippen molar-refractivity contribution < 1.29 is 19.4 Å². The fourth-order valence-electron chi connectivity index (χ4n) is 2.64. The maximum atomic E-state index is 12.0. The van der Waals surface area contributed by atoms with Crippen LogP contribution in [0.2, 0.25) is 0 Å². The molecule has 1 fully saturated rings. The fourth-order valence-corrected chi connectivity index (χ4v) is 2.64. The molecule has 1 aliphatic rings. The summed E-state index contributed by atoms with van der Waals surface area (Å²) >= 11 is 0. The van der Waals surface area contributed by atoms with Gasteiger partial charge in [-0.15, -0.1) is 0 Å². The maximum Gasteiger partial charge on any atom is 0.320 e. The molecule has 1 aromatic rings. The molecule has 1 aliphatic heterocycles. The van der Waals surface area contributed by atoms with Crippen LogP contribution in [0.4, 0.5) is 0 Å². The number of aliphatic carboxylic acids is 1. The Kier molecular flexibility index (Phi) is 5.77. The van der Waals surface area contributed by atoms with Crippen molar-refractivity contribution in [2.24, 2.45) is 0 Å². The molecule has 0 aromatic heterocycles. The number of hydrogen-bond donors (Lipinski definition) is 2. The molecule has 1 atom stereocenters. The van der Waals surface area contributed by atoms with Crippen molar-refractivity contribution in [2.45, 2.75) is 31.8 Å². The third-order valence-electron chi connectivity index (χ3n) is 3.89. The zero-order valence-corrected chi connectivity index (χ0v) is 12.7. The summed E-state index contributed by atoms with van der Waals surface area (Å²) in [5.74, 6) is -0.223. The van der Waals surface area contributed by atoms with E-state index in [1.165, 1.54) is 0 Å². The topological polar surface area (TPSA) is 78.9 Å². The Morgan fingerprint density at radius 1 is 1.32 bits per heavy atom. The quantitative estimate of drug-likeness (QED) is 0.827. The van der Waals surface area contributed by atoms with Crippen molar-refractivity contribution in [1.29, 1.82) is 0 Å². The standard InChI is InChI=1S/C16H22N2O4/c1-22-13-7-5-12(6-8-13)10-17-15(19)11-18-9-3-2-4-14(18)16(20)21/h5-8,14H,2-4,9-11H2,1H3,(H,17,19)(H,20,21). The number of carbonyl (C=O) groups excluding carboxylic acids is 1. The number of piperidine rings is 1. The van der Waals surface area contributed by atoms with Crippen LogP contribution in [0.1, 0.15) is 24.8 Å². The van der Waals surface area contributed by atoms with Crippen LogP contribution >= 0.6 is 0 Å². The minimum absolute atomic E-state index is 0.132. The summed E-state index contributed by atoms with van der Waals surface area (Å²) in [7, 11) is 1.61. The number of rotatable bonds is 6. The molecule has 2 N–H and O–H groups in total. The molecular formula is C16H22N2O4. The zero-order valence-electron chi connectivity index (χ0n) is 12.7. The molecule has 6 nitrogen and oxygen atoms in total. The largest absolute Gasteiger partial charge is 0.497 e. The summed E-state index contributed by atoms with van der Waals surface area (Å²) in [5, 5.41) is 12.0. The number of carbonyl (C=O) groups is 2. The number of nitrogens with zero attached hydrogens (tertiary/aromatic N) is 1. The average molecular weight is 306 g/mol. The molecule has 0 saturated carbocycles. The van der Waals surface area contributed by atoms with E-state index >= 15 is 0 Å². The number of carboxylic acid groups (broad SMARTS) is 1. The molecule has 1 aromatic carbocycles. The third kappa shape index (κ3) is 4.46. The van der Waals surface area contributed by atoms with Crippen molar-refractivity contribution in [3.63, 3.8) is 0 Å². The summed E-state index contributed by atoms with van der Waals surface area (Å²) in [5.41, 5.74) is 0.975. The summed E-state index contributed by atoms with van der Waals surface area (Å²) in [4.78, 5) is 25.0. The first kappa shape index (κ1) is 16.3. The van der Waals surface area contributed by atoms with Gasteiger partial charge in [0.25, 0.3) is 0 Å². The number of carboxylic acids is 1. The van der Waals surface area contributed by atoms with E-state index < -0.39 is 12.0 Å². The van der Waals surface area contributed by atoms with Crippen molar-refractivity contribution in [1.82, 2.24) is 10.2 Å². The van der Waals surface area contributed by atoms with Gasteiger partial charge in [0.05, 0.1) is 13.7 Å². The highest BCUT2D eigenvalue weighted by Gasteiger charge is 2.29. The SMILES string of the molecule is COc1ccc(CNC(=O)CN2CCCCC2C(=O)O)cc1. The minimum atomic E-state index is -0.845. The number of amides is 1. The predicted molar refractivity (Wildman–Crippen MR) is 81.7 cm³/mol. The highest BCUT2D eigenvalue weighted by atomic mass is 16.5. The summed E-state index contributed by atoms with van der Waals surface area (Å²) < 4.78 is 5.08. The van der Waals surface area contributed by atoms with Crippen LogP contribution in [0.15, 0.2) is 24.3 Å². The molecule has 120 valence electrons. The molecule has 2 rings (SSSR count). The summed E-state index contributed by atoms with van der Waals surface area (Å²) in [6.45, 7) is 1.22. The van der Waals surface area contributed by atoms with Gasteiger partial charge in [-0.05, 0) is 37.1 Å². The Hall–Kier alpha value is -2.08. The smallest absolute Gasteiger partial charge is 0.320 e. The summed E-state index contributed by atoms with van der Waals surface area (Å²) in [6.07, 6.45) is 2.46. The minimum Gasteiger partial charge on any atom is -0.497 e. The van der Waals surface area contributed by atoms with Gasteiger partial charge in [0, 0.05) is 6.54 Å². The van der Waals surface area contributed by atoms with Crippen molar-refractivity contribution >= 4 is 11.9 Å². The molecule has 1 heterocycles. The lowest BCUT2D eigenvalue weighted by Gasteiger charge is -2.32. The molecule has 1 saturated heterocycles. The first-order chi connectivity index (χ1) is 10.6. The monoisotopic (exact) mass is 306 g/mol.